The van der Waals surface area contributed by atoms with E-state index in [1.807, 2.05) is 12.1 Å². The fraction of sp³-hybridized carbons (Fsp3) is 0.227. The molecule has 0 saturated heterocycles. The minimum absolute atomic E-state index is 0.0507. The maximum atomic E-state index is 14.1. The Hall–Kier alpha value is -3.19. The fourth-order valence-electron chi connectivity index (χ4n) is 3.13. The predicted molar refractivity (Wildman–Crippen MR) is 110 cm³/mol. The first-order valence-corrected chi connectivity index (χ1v) is 9.68. The second-order valence-corrected chi connectivity index (χ2v) is 7.47. The summed E-state index contributed by atoms with van der Waals surface area (Å²) in [6, 6.07) is 11.1. The molecule has 3 rings (SSSR count). The van der Waals surface area contributed by atoms with E-state index in [1.54, 1.807) is 25.1 Å². The first-order chi connectivity index (χ1) is 14.3. The number of oxazole rings is 1. The van der Waals surface area contributed by atoms with Gasteiger partial charge in [-0.3, -0.25) is 9.59 Å². The minimum Gasteiger partial charge on any atom is -0.481 e. The monoisotopic (exact) mass is 430 g/mol. The van der Waals surface area contributed by atoms with Gasteiger partial charge in [-0.25, -0.2) is 9.37 Å². The van der Waals surface area contributed by atoms with Crippen molar-refractivity contribution in [3.05, 3.63) is 77.2 Å². The van der Waals surface area contributed by atoms with Gasteiger partial charge in [-0.2, -0.15) is 0 Å². The van der Waals surface area contributed by atoms with Crippen LogP contribution in [0, 0.1) is 11.7 Å². The number of halogens is 2. The third kappa shape index (κ3) is 5.45. The van der Waals surface area contributed by atoms with Gasteiger partial charge in [0, 0.05) is 16.6 Å². The second kappa shape index (κ2) is 9.54. The molecule has 0 aliphatic carbocycles. The Balaban J connectivity index is 1.76. The first-order valence-electron chi connectivity index (χ1n) is 9.30. The van der Waals surface area contributed by atoms with Crippen LogP contribution in [-0.2, 0) is 11.2 Å². The van der Waals surface area contributed by atoms with Gasteiger partial charge in [-0.15, -0.1) is 0 Å². The summed E-state index contributed by atoms with van der Waals surface area (Å²) in [6.45, 7) is 1.58. The lowest BCUT2D eigenvalue weighted by atomic mass is 9.94. The van der Waals surface area contributed by atoms with Crippen LogP contribution in [0.3, 0.4) is 0 Å². The van der Waals surface area contributed by atoms with Crippen LogP contribution in [-0.4, -0.2) is 28.0 Å². The van der Waals surface area contributed by atoms with Crippen molar-refractivity contribution < 1.29 is 23.5 Å². The van der Waals surface area contributed by atoms with Crippen LogP contribution >= 0.6 is 11.6 Å². The van der Waals surface area contributed by atoms with Crippen LogP contribution in [0.4, 0.5) is 4.39 Å². The molecule has 3 aromatic rings. The predicted octanol–water partition coefficient (Wildman–Crippen LogP) is 4.59. The minimum atomic E-state index is -0.944. The summed E-state index contributed by atoms with van der Waals surface area (Å²) < 4.78 is 19.1. The number of hydrogen-bond donors (Lipinski definition) is 2. The number of amides is 1. The molecule has 0 saturated carbocycles. The van der Waals surface area contributed by atoms with Crippen molar-refractivity contribution >= 4 is 23.5 Å². The molecule has 0 aliphatic rings. The van der Waals surface area contributed by atoms with E-state index in [2.05, 4.69) is 10.3 Å². The van der Waals surface area contributed by atoms with Crippen LogP contribution in [0.1, 0.15) is 29.5 Å². The van der Waals surface area contributed by atoms with Gasteiger partial charge < -0.3 is 14.8 Å². The van der Waals surface area contributed by atoms with Crippen molar-refractivity contribution in [3.8, 4) is 11.1 Å². The largest absolute Gasteiger partial charge is 0.481 e. The summed E-state index contributed by atoms with van der Waals surface area (Å²) in [5, 5.41) is 12.5. The van der Waals surface area contributed by atoms with E-state index in [0.717, 1.165) is 12.0 Å². The van der Waals surface area contributed by atoms with Crippen molar-refractivity contribution in [2.75, 3.05) is 0 Å². The number of aliphatic carboxylic acids is 1. The quantitative estimate of drug-likeness (QED) is 0.545. The number of nitrogens with zero attached hydrogens (tertiary/aromatic N) is 1. The number of rotatable bonds is 8. The Morgan fingerprint density at radius 2 is 1.97 bits per heavy atom. The Kier molecular flexibility index (Phi) is 6.84. The molecule has 1 aromatic heterocycles. The number of aromatic nitrogens is 1. The number of carboxylic acids is 1. The molecule has 2 N–H and O–H groups in total. The molecule has 0 fully saturated rings. The smallest absolute Gasteiger partial charge is 0.306 e. The molecule has 30 heavy (non-hydrogen) atoms. The van der Waals surface area contributed by atoms with Crippen LogP contribution in [0.25, 0.3) is 11.1 Å². The van der Waals surface area contributed by atoms with Crippen molar-refractivity contribution in [3.63, 3.8) is 0 Å². The number of nitrogens with one attached hydrogen (secondary N) is 1. The van der Waals surface area contributed by atoms with Gasteiger partial charge in [0.1, 0.15) is 5.82 Å². The summed E-state index contributed by atoms with van der Waals surface area (Å²) in [5.41, 5.74) is 1.92. The Morgan fingerprint density at radius 1 is 1.23 bits per heavy atom. The van der Waals surface area contributed by atoms with Crippen molar-refractivity contribution in [1.29, 1.82) is 0 Å². The molecular weight excluding hydrogens is 411 g/mol. The number of carboxylic acid groups (broad SMARTS) is 1. The summed E-state index contributed by atoms with van der Waals surface area (Å²) in [4.78, 5) is 27.3. The van der Waals surface area contributed by atoms with Crippen molar-refractivity contribution in [1.82, 2.24) is 10.3 Å². The van der Waals surface area contributed by atoms with E-state index >= 15 is 0 Å². The fourth-order valence-corrected chi connectivity index (χ4v) is 3.30. The Morgan fingerprint density at radius 3 is 2.60 bits per heavy atom. The lowest BCUT2D eigenvalue weighted by Crippen LogP contribution is -2.38. The highest BCUT2D eigenvalue weighted by atomic mass is 35.5. The molecule has 1 heterocycles. The highest BCUT2D eigenvalue weighted by Crippen LogP contribution is 2.26. The molecule has 0 bridgehead atoms. The molecule has 0 radical (unpaired) electrons. The summed E-state index contributed by atoms with van der Waals surface area (Å²) in [5.74, 6) is -2.38. The zero-order valence-electron chi connectivity index (χ0n) is 16.1. The topological polar surface area (TPSA) is 92.4 Å². The first kappa shape index (κ1) is 21.5. The maximum absolute atomic E-state index is 14.1. The van der Waals surface area contributed by atoms with Gasteiger partial charge in [0.2, 0.25) is 5.76 Å². The molecule has 2 aromatic carbocycles. The second-order valence-electron chi connectivity index (χ2n) is 7.04. The third-order valence-corrected chi connectivity index (χ3v) is 4.96. The third-order valence-electron chi connectivity index (χ3n) is 4.73. The number of benzene rings is 2. The average Bonchev–Trinajstić information content (AvgIpc) is 3.25. The standard InChI is InChI=1S/C22H20ClFN2O4/c1-13(22(28)29)8-17(26-21(27)20-11-25-12-30-20)9-14-2-4-15(5-3-14)18-10-16(23)6-7-19(18)24/h2-7,10-13,17H,8-9H2,1H3,(H,26,27)(H,28,29)/t13-,17-/m0/s1. The zero-order chi connectivity index (χ0) is 21.7. The summed E-state index contributed by atoms with van der Waals surface area (Å²) >= 11 is 5.96. The van der Waals surface area contributed by atoms with Crippen LogP contribution < -0.4 is 5.32 Å². The van der Waals surface area contributed by atoms with Gasteiger partial charge >= 0.3 is 5.97 Å². The SMILES string of the molecule is C[C@@H](C[C@@H](Cc1ccc(-c2cc(Cl)ccc2F)cc1)NC(=O)c1cnco1)C(=O)O. The number of carbonyl (C=O) groups excluding carboxylic acids is 1. The van der Waals surface area contributed by atoms with Gasteiger partial charge in [0.15, 0.2) is 6.39 Å². The molecule has 156 valence electrons. The molecule has 6 nitrogen and oxygen atoms in total. The number of carbonyl (C=O) groups is 2. The van der Waals surface area contributed by atoms with Crippen LogP contribution in [0.5, 0.6) is 0 Å². The molecule has 0 spiro atoms. The molecule has 2 atom stereocenters. The van der Waals surface area contributed by atoms with E-state index in [9.17, 15) is 19.1 Å². The molecule has 0 unspecified atom stereocenters. The van der Waals surface area contributed by atoms with Crippen molar-refractivity contribution in [2.45, 2.75) is 25.8 Å². The molecular formula is C22H20ClFN2O4. The van der Waals surface area contributed by atoms with Gasteiger partial charge in [0.05, 0.1) is 12.1 Å². The lowest BCUT2D eigenvalue weighted by molar-refractivity contribution is -0.141. The summed E-state index contributed by atoms with van der Waals surface area (Å²) in [7, 11) is 0. The van der Waals surface area contributed by atoms with Crippen molar-refractivity contribution in [2.24, 2.45) is 5.92 Å². The lowest BCUT2D eigenvalue weighted by Gasteiger charge is -2.20. The van der Waals surface area contributed by atoms with E-state index in [-0.39, 0.29) is 18.0 Å². The summed E-state index contributed by atoms with van der Waals surface area (Å²) in [6.07, 6.45) is 3.08. The Bertz CT molecular complexity index is 1020. The maximum Gasteiger partial charge on any atom is 0.306 e. The highest BCUT2D eigenvalue weighted by Gasteiger charge is 2.22. The van der Waals surface area contributed by atoms with Crippen LogP contribution in [0.15, 0.2) is 59.5 Å². The average molecular weight is 431 g/mol. The Labute approximate surface area is 177 Å². The van der Waals surface area contributed by atoms with Gasteiger partial charge in [0.25, 0.3) is 5.91 Å². The highest BCUT2D eigenvalue weighted by molar-refractivity contribution is 6.30. The van der Waals surface area contributed by atoms with E-state index in [1.165, 1.54) is 18.3 Å². The van der Waals surface area contributed by atoms with E-state index in [4.69, 9.17) is 16.0 Å². The van der Waals surface area contributed by atoms with Crippen LogP contribution in [0.2, 0.25) is 5.02 Å². The van der Waals surface area contributed by atoms with E-state index in [0.29, 0.717) is 22.6 Å². The van der Waals surface area contributed by atoms with Gasteiger partial charge in [-0.1, -0.05) is 42.8 Å². The molecule has 0 aliphatic heterocycles. The number of hydrogen-bond acceptors (Lipinski definition) is 4. The van der Waals surface area contributed by atoms with Gasteiger partial charge in [-0.05, 0) is 42.2 Å². The zero-order valence-corrected chi connectivity index (χ0v) is 16.9. The normalized spacial score (nSPS) is 12.9. The molecule has 1 amide bonds. The molecule has 8 heteroatoms. The van der Waals surface area contributed by atoms with E-state index < -0.39 is 23.8 Å².